The normalized spacial score (nSPS) is 27.0. The van der Waals surface area contributed by atoms with E-state index in [1.54, 1.807) is 0 Å². The van der Waals surface area contributed by atoms with Gasteiger partial charge >= 0.3 is 0 Å². The number of hydrogen-bond donors (Lipinski definition) is 0. The van der Waals surface area contributed by atoms with Crippen LogP contribution in [0.4, 0.5) is 0 Å². The maximum absolute atomic E-state index is 13.3. The standard InChI is InChI=1S/C23H31N3O4/c1-15-13-26(14-23(29-15)9-10-28-16(23)2)21(27)18-8-6-7-17(11-18)20-24-19(30-25-20)12-22(3,4)5/h6-8,11,15-16H,9-10,12-14H2,1-5H3/t15-,16+,23+/m1/s1. The molecule has 7 nitrogen and oxygen atoms in total. The molecule has 0 radical (unpaired) electrons. The average Bonchev–Trinajstić information content (AvgIpc) is 3.26. The molecule has 2 fully saturated rings. The van der Waals surface area contributed by atoms with Gasteiger partial charge in [0.25, 0.3) is 5.91 Å². The van der Waals surface area contributed by atoms with Gasteiger partial charge in [-0.2, -0.15) is 4.98 Å². The smallest absolute Gasteiger partial charge is 0.254 e. The molecule has 2 aliphatic rings. The quantitative estimate of drug-likeness (QED) is 0.763. The maximum Gasteiger partial charge on any atom is 0.254 e. The predicted octanol–water partition coefficient (Wildman–Crippen LogP) is 3.73. The van der Waals surface area contributed by atoms with Gasteiger partial charge in [-0.25, -0.2) is 0 Å². The number of morpholine rings is 1. The summed E-state index contributed by atoms with van der Waals surface area (Å²) in [6.45, 7) is 12.2. The summed E-state index contributed by atoms with van der Waals surface area (Å²) in [5.41, 5.74) is 1.04. The van der Waals surface area contributed by atoms with E-state index in [1.807, 2.05) is 43.0 Å². The SMILES string of the molecule is C[C@@H]1CN(C(=O)c2cccc(-c3noc(CC(C)(C)C)n3)c2)C[C@]2(CCO[C@H]2C)O1. The van der Waals surface area contributed by atoms with E-state index in [9.17, 15) is 4.79 Å². The number of benzene rings is 1. The summed E-state index contributed by atoms with van der Waals surface area (Å²) in [6.07, 6.45) is 1.45. The molecule has 2 aliphatic heterocycles. The first-order chi connectivity index (χ1) is 14.2. The molecule has 0 N–H and O–H groups in total. The van der Waals surface area contributed by atoms with Gasteiger partial charge in [0.1, 0.15) is 5.60 Å². The van der Waals surface area contributed by atoms with Crippen molar-refractivity contribution in [2.24, 2.45) is 5.41 Å². The van der Waals surface area contributed by atoms with Crippen molar-refractivity contribution < 1.29 is 18.8 Å². The minimum Gasteiger partial charge on any atom is -0.375 e. The molecule has 30 heavy (non-hydrogen) atoms. The van der Waals surface area contributed by atoms with Gasteiger partial charge in [0.15, 0.2) is 0 Å². The summed E-state index contributed by atoms with van der Waals surface area (Å²) in [5.74, 6) is 1.10. The van der Waals surface area contributed by atoms with E-state index in [4.69, 9.17) is 14.0 Å². The van der Waals surface area contributed by atoms with E-state index in [0.717, 1.165) is 12.0 Å². The maximum atomic E-state index is 13.3. The molecule has 2 aromatic rings. The molecule has 3 heterocycles. The number of carbonyl (C=O) groups excluding carboxylic acids is 1. The summed E-state index contributed by atoms with van der Waals surface area (Å²) >= 11 is 0. The first kappa shape index (κ1) is 21.0. The zero-order chi connectivity index (χ0) is 21.5. The zero-order valence-corrected chi connectivity index (χ0v) is 18.5. The first-order valence-electron chi connectivity index (χ1n) is 10.7. The molecular formula is C23H31N3O4. The second-order valence-electron chi connectivity index (χ2n) is 9.77. The van der Waals surface area contributed by atoms with Gasteiger partial charge in [-0.15, -0.1) is 0 Å². The fourth-order valence-corrected chi connectivity index (χ4v) is 4.33. The Bertz CT molecular complexity index is 919. The van der Waals surface area contributed by atoms with Gasteiger partial charge in [-0.1, -0.05) is 38.1 Å². The van der Waals surface area contributed by atoms with Crippen molar-refractivity contribution in [3.63, 3.8) is 0 Å². The Balaban J connectivity index is 1.54. The van der Waals surface area contributed by atoms with Gasteiger partial charge in [0.2, 0.25) is 11.7 Å². The number of hydrogen-bond acceptors (Lipinski definition) is 6. The lowest BCUT2D eigenvalue weighted by atomic mass is 9.92. The van der Waals surface area contributed by atoms with Crippen molar-refractivity contribution in [1.29, 1.82) is 0 Å². The molecule has 1 amide bonds. The Morgan fingerprint density at radius 3 is 2.80 bits per heavy atom. The topological polar surface area (TPSA) is 77.7 Å². The van der Waals surface area contributed by atoms with Crippen LogP contribution in [0.25, 0.3) is 11.4 Å². The third-order valence-electron chi connectivity index (χ3n) is 5.81. The second-order valence-corrected chi connectivity index (χ2v) is 9.77. The molecule has 0 aliphatic carbocycles. The molecule has 0 bridgehead atoms. The Labute approximate surface area is 177 Å². The van der Waals surface area contributed by atoms with Crippen molar-refractivity contribution in [1.82, 2.24) is 15.0 Å². The van der Waals surface area contributed by atoms with Crippen molar-refractivity contribution >= 4 is 5.91 Å². The fraction of sp³-hybridized carbons (Fsp3) is 0.609. The molecule has 0 unspecified atom stereocenters. The minimum absolute atomic E-state index is 0.0103. The molecule has 4 rings (SSSR count). The summed E-state index contributed by atoms with van der Waals surface area (Å²) < 4.78 is 17.4. The number of carbonyl (C=O) groups is 1. The monoisotopic (exact) mass is 413 g/mol. The lowest BCUT2D eigenvalue weighted by Crippen LogP contribution is -2.59. The molecule has 0 saturated carbocycles. The zero-order valence-electron chi connectivity index (χ0n) is 18.5. The highest BCUT2D eigenvalue weighted by Gasteiger charge is 2.48. The fourth-order valence-electron chi connectivity index (χ4n) is 4.33. The van der Waals surface area contributed by atoms with E-state index in [1.165, 1.54) is 0 Å². The Kier molecular flexibility index (Phi) is 5.45. The van der Waals surface area contributed by atoms with Crippen molar-refractivity contribution in [3.8, 4) is 11.4 Å². The van der Waals surface area contributed by atoms with Crippen LogP contribution in [0.1, 0.15) is 57.3 Å². The molecule has 3 atom stereocenters. The highest BCUT2D eigenvalue weighted by atomic mass is 16.6. The van der Waals surface area contributed by atoms with Crippen LogP contribution >= 0.6 is 0 Å². The Morgan fingerprint density at radius 2 is 2.10 bits per heavy atom. The van der Waals surface area contributed by atoms with Crippen molar-refractivity contribution in [2.45, 2.75) is 65.3 Å². The van der Waals surface area contributed by atoms with Gasteiger partial charge < -0.3 is 18.9 Å². The van der Waals surface area contributed by atoms with E-state index >= 15 is 0 Å². The van der Waals surface area contributed by atoms with Crippen LogP contribution in [0.15, 0.2) is 28.8 Å². The molecule has 7 heteroatoms. The summed E-state index contributed by atoms with van der Waals surface area (Å²) in [5, 5.41) is 4.12. The minimum atomic E-state index is -0.416. The number of rotatable bonds is 3. The van der Waals surface area contributed by atoms with Crippen molar-refractivity contribution in [2.75, 3.05) is 19.7 Å². The van der Waals surface area contributed by atoms with Gasteiger partial charge in [0, 0.05) is 37.1 Å². The first-order valence-corrected chi connectivity index (χ1v) is 10.7. The lowest BCUT2D eigenvalue weighted by molar-refractivity contribution is -0.160. The molecule has 1 aromatic carbocycles. The highest BCUT2D eigenvalue weighted by Crippen LogP contribution is 2.35. The van der Waals surface area contributed by atoms with Crippen LogP contribution < -0.4 is 0 Å². The molecule has 1 spiro atoms. The van der Waals surface area contributed by atoms with E-state index < -0.39 is 5.60 Å². The number of nitrogens with zero attached hydrogens (tertiary/aromatic N) is 3. The highest BCUT2D eigenvalue weighted by molar-refractivity contribution is 5.95. The molecule has 2 saturated heterocycles. The van der Waals surface area contributed by atoms with E-state index in [2.05, 4.69) is 30.9 Å². The summed E-state index contributed by atoms with van der Waals surface area (Å²) in [7, 11) is 0. The molecule has 162 valence electrons. The molecule has 1 aromatic heterocycles. The van der Waals surface area contributed by atoms with E-state index in [-0.39, 0.29) is 23.5 Å². The van der Waals surface area contributed by atoms with Crippen LogP contribution in [-0.2, 0) is 15.9 Å². The van der Waals surface area contributed by atoms with E-state index in [0.29, 0.717) is 43.4 Å². The third kappa shape index (κ3) is 4.27. The number of aromatic nitrogens is 2. The Hall–Kier alpha value is -2.25. The number of ether oxygens (including phenoxy) is 2. The predicted molar refractivity (Wildman–Crippen MR) is 112 cm³/mol. The van der Waals surface area contributed by atoms with Gasteiger partial charge in [0.05, 0.1) is 18.8 Å². The van der Waals surface area contributed by atoms with Crippen LogP contribution in [0.2, 0.25) is 0 Å². The Morgan fingerprint density at radius 1 is 1.30 bits per heavy atom. The van der Waals surface area contributed by atoms with Crippen LogP contribution in [0.3, 0.4) is 0 Å². The van der Waals surface area contributed by atoms with Gasteiger partial charge in [-0.3, -0.25) is 4.79 Å². The lowest BCUT2D eigenvalue weighted by Gasteiger charge is -2.45. The largest absolute Gasteiger partial charge is 0.375 e. The number of amides is 1. The van der Waals surface area contributed by atoms with Crippen LogP contribution in [0.5, 0.6) is 0 Å². The molecular weight excluding hydrogens is 382 g/mol. The second kappa shape index (κ2) is 7.78. The summed E-state index contributed by atoms with van der Waals surface area (Å²) in [6, 6.07) is 7.45. The van der Waals surface area contributed by atoms with Crippen LogP contribution in [0, 0.1) is 5.41 Å². The van der Waals surface area contributed by atoms with Gasteiger partial charge in [-0.05, 0) is 31.4 Å². The third-order valence-corrected chi connectivity index (χ3v) is 5.81. The van der Waals surface area contributed by atoms with Crippen molar-refractivity contribution in [3.05, 3.63) is 35.7 Å². The van der Waals surface area contributed by atoms with Crippen LogP contribution in [-0.4, -0.2) is 58.5 Å². The average molecular weight is 414 g/mol. The summed E-state index contributed by atoms with van der Waals surface area (Å²) in [4.78, 5) is 19.7.